The molecule has 0 atom stereocenters. The molecule has 1 aromatic heterocycles. The second kappa shape index (κ2) is 5.06. The molecule has 0 fully saturated rings. The zero-order chi connectivity index (χ0) is 10.4. The summed E-state index contributed by atoms with van der Waals surface area (Å²) in [4.78, 5) is 5.60. The molecule has 0 aliphatic rings. The Morgan fingerprint density at radius 1 is 1.57 bits per heavy atom. The molecule has 1 rings (SSSR count). The van der Waals surface area contributed by atoms with Crippen molar-refractivity contribution in [1.29, 1.82) is 0 Å². The molecule has 0 saturated heterocycles. The van der Waals surface area contributed by atoms with Crippen molar-refractivity contribution in [3.05, 3.63) is 30.1 Å². The highest BCUT2D eigenvalue weighted by Gasteiger charge is 2.01. The molecule has 0 saturated carbocycles. The van der Waals surface area contributed by atoms with Crippen LogP contribution in [-0.4, -0.2) is 34.6 Å². The number of hydrogen-bond acceptors (Lipinski definition) is 3. The topological polar surface area (TPSA) is 74.7 Å². The van der Waals surface area contributed by atoms with Crippen LogP contribution in [0.15, 0.2) is 29.7 Å². The van der Waals surface area contributed by atoms with Crippen LogP contribution >= 0.6 is 0 Å². The average molecular weight is 194 g/mol. The lowest BCUT2D eigenvalue weighted by atomic mass is 10.2. The Morgan fingerprint density at radius 3 is 2.79 bits per heavy atom. The smallest absolute Gasteiger partial charge is 0.233 e. The van der Waals surface area contributed by atoms with E-state index in [4.69, 9.17) is 10.9 Å². The van der Waals surface area contributed by atoms with Gasteiger partial charge in [0.15, 0.2) is 0 Å². The molecule has 5 heteroatoms. The van der Waals surface area contributed by atoms with Crippen LogP contribution in [0.3, 0.4) is 0 Å². The van der Waals surface area contributed by atoms with Gasteiger partial charge in [-0.25, -0.2) is 0 Å². The highest BCUT2D eigenvalue weighted by molar-refractivity contribution is 5.76. The summed E-state index contributed by atoms with van der Waals surface area (Å²) >= 11 is 0. The van der Waals surface area contributed by atoms with E-state index in [2.05, 4.69) is 10.1 Å². The van der Waals surface area contributed by atoms with Crippen molar-refractivity contribution in [2.75, 3.05) is 13.6 Å². The minimum Gasteiger partial charge on any atom is -0.408 e. The first-order valence-corrected chi connectivity index (χ1v) is 4.31. The number of aromatic nitrogens is 1. The summed E-state index contributed by atoms with van der Waals surface area (Å²) in [7, 11) is 1.77. The van der Waals surface area contributed by atoms with Gasteiger partial charge in [0.05, 0.1) is 0 Å². The second-order valence-corrected chi connectivity index (χ2v) is 2.99. The summed E-state index contributed by atoms with van der Waals surface area (Å²) in [6.45, 7) is 0.708. The van der Waals surface area contributed by atoms with Crippen molar-refractivity contribution in [2.45, 2.75) is 6.42 Å². The molecule has 3 N–H and O–H groups in total. The first-order chi connectivity index (χ1) is 6.74. The van der Waals surface area contributed by atoms with Gasteiger partial charge in [0, 0.05) is 26.0 Å². The van der Waals surface area contributed by atoms with Crippen molar-refractivity contribution in [3.63, 3.8) is 0 Å². The van der Waals surface area contributed by atoms with Crippen LogP contribution in [0.1, 0.15) is 5.56 Å². The minimum atomic E-state index is 0.124. The lowest BCUT2D eigenvalue weighted by Gasteiger charge is -2.15. The number of hydrogen-bond donors (Lipinski definition) is 2. The quantitative estimate of drug-likeness (QED) is 0.313. The Morgan fingerprint density at radius 2 is 2.21 bits per heavy atom. The maximum Gasteiger partial charge on any atom is 0.233 e. The summed E-state index contributed by atoms with van der Waals surface area (Å²) in [5.74, 6) is 0.124. The summed E-state index contributed by atoms with van der Waals surface area (Å²) in [6.07, 6.45) is 4.34. The average Bonchev–Trinajstić information content (AvgIpc) is 2.26. The van der Waals surface area contributed by atoms with Crippen LogP contribution in [0.25, 0.3) is 0 Å². The molecule has 1 heterocycles. The number of rotatable bonds is 3. The Bertz CT molecular complexity index is 299. The number of nitrogens with two attached hydrogens (primary N) is 1. The molecule has 1 aromatic rings. The van der Waals surface area contributed by atoms with Crippen LogP contribution in [0.4, 0.5) is 0 Å². The molecule has 0 radical (unpaired) electrons. The first-order valence-electron chi connectivity index (χ1n) is 4.31. The molecule has 5 nitrogen and oxygen atoms in total. The van der Waals surface area contributed by atoms with Crippen molar-refractivity contribution >= 4 is 5.96 Å². The van der Waals surface area contributed by atoms with Gasteiger partial charge in [-0.05, 0) is 24.1 Å². The Balaban J connectivity index is 2.42. The molecule has 0 spiro atoms. The van der Waals surface area contributed by atoms with Gasteiger partial charge in [-0.3, -0.25) is 4.98 Å². The standard InChI is InChI=1S/C9H14N4O/c1-13(9(10)12-14)7-4-8-2-5-11-6-3-8/h2-3,5-6,14H,4,7H2,1H3,(H2,10,12). The van der Waals surface area contributed by atoms with Crippen LogP contribution < -0.4 is 5.73 Å². The largest absolute Gasteiger partial charge is 0.408 e. The fourth-order valence-corrected chi connectivity index (χ4v) is 1.04. The number of pyridine rings is 1. The molecule has 0 unspecified atom stereocenters. The zero-order valence-electron chi connectivity index (χ0n) is 8.09. The van der Waals surface area contributed by atoms with Crippen LogP contribution in [0.5, 0.6) is 0 Å². The van der Waals surface area contributed by atoms with E-state index in [0.29, 0.717) is 6.54 Å². The van der Waals surface area contributed by atoms with E-state index in [1.165, 1.54) is 5.56 Å². The third-order valence-electron chi connectivity index (χ3n) is 1.98. The molecule has 0 aliphatic carbocycles. The predicted molar refractivity (Wildman–Crippen MR) is 54.0 cm³/mol. The van der Waals surface area contributed by atoms with E-state index >= 15 is 0 Å². The molecule has 76 valence electrons. The van der Waals surface area contributed by atoms with Crippen molar-refractivity contribution in [3.8, 4) is 0 Å². The van der Waals surface area contributed by atoms with E-state index in [-0.39, 0.29) is 5.96 Å². The minimum absolute atomic E-state index is 0.124. The van der Waals surface area contributed by atoms with Gasteiger partial charge in [-0.1, -0.05) is 5.16 Å². The Hall–Kier alpha value is -1.78. The van der Waals surface area contributed by atoms with Gasteiger partial charge in [0.25, 0.3) is 0 Å². The lowest BCUT2D eigenvalue weighted by molar-refractivity contribution is 0.305. The van der Waals surface area contributed by atoms with Crippen molar-refractivity contribution < 1.29 is 5.21 Å². The van der Waals surface area contributed by atoms with E-state index < -0.39 is 0 Å². The molecule has 14 heavy (non-hydrogen) atoms. The highest BCUT2D eigenvalue weighted by Crippen LogP contribution is 1.98. The van der Waals surface area contributed by atoms with E-state index in [1.807, 2.05) is 12.1 Å². The molecular weight excluding hydrogens is 180 g/mol. The number of guanidine groups is 1. The fraction of sp³-hybridized carbons (Fsp3) is 0.333. The predicted octanol–water partition coefficient (Wildman–Crippen LogP) is 0.260. The summed E-state index contributed by atoms with van der Waals surface area (Å²) in [5, 5.41) is 11.3. The van der Waals surface area contributed by atoms with Crippen molar-refractivity contribution in [1.82, 2.24) is 9.88 Å². The molecule has 0 aliphatic heterocycles. The number of likely N-dealkylation sites (N-methyl/N-ethyl adjacent to an activating group) is 1. The van der Waals surface area contributed by atoms with E-state index in [9.17, 15) is 0 Å². The van der Waals surface area contributed by atoms with Gasteiger partial charge in [0.1, 0.15) is 0 Å². The second-order valence-electron chi connectivity index (χ2n) is 2.99. The van der Waals surface area contributed by atoms with E-state index in [1.54, 1.807) is 24.3 Å². The highest BCUT2D eigenvalue weighted by atomic mass is 16.4. The van der Waals surface area contributed by atoms with Crippen molar-refractivity contribution in [2.24, 2.45) is 10.9 Å². The van der Waals surface area contributed by atoms with Gasteiger partial charge in [-0.2, -0.15) is 0 Å². The molecule has 0 amide bonds. The maximum atomic E-state index is 8.41. The van der Waals surface area contributed by atoms with Crippen LogP contribution in [0, 0.1) is 0 Å². The SMILES string of the molecule is CN(CCc1ccncc1)C(N)=NO. The lowest BCUT2D eigenvalue weighted by Crippen LogP contribution is -2.35. The molecular formula is C9H14N4O. The van der Waals surface area contributed by atoms with Crippen LogP contribution in [-0.2, 0) is 6.42 Å². The Labute approximate surface area is 82.9 Å². The van der Waals surface area contributed by atoms with Gasteiger partial charge >= 0.3 is 0 Å². The Kier molecular flexibility index (Phi) is 3.72. The van der Waals surface area contributed by atoms with Gasteiger partial charge < -0.3 is 15.8 Å². The third kappa shape index (κ3) is 2.93. The first kappa shape index (κ1) is 10.3. The summed E-state index contributed by atoms with van der Waals surface area (Å²) in [6, 6.07) is 3.89. The summed E-state index contributed by atoms with van der Waals surface area (Å²) < 4.78 is 0. The number of oxime groups is 1. The third-order valence-corrected chi connectivity index (χ3v) is 1.98. The zero-order valence-corrected chi connectivity index (χ0v) is 8.09. The fourth-order valence-electron chi connectivity index (χ4n) is 1.04. The summed E-state index contributed by atoms with van der Waals surface area (Å²) in [5.41, 5.74) is 6.57. The normalized spacial score (nSPS) is 11.4. The van der Waals surface area contributed by atoms with E-state index in [0.717, 1.165) is 6.42 Å². The monoisotopic (exact) mass is 194 g/mol. The maximum absolute atomic E-state index is 8.41. The number of nitrogens with zero attached hydrogens (tertiary/aromatic N) is 3. The molecule has 0 bridgehead atoms. The van der Waals surface area contributed by atoms with Crippen LogP contribution in [0.2, 0.25) is 0 Å². The molecule has 0 aromatic carbocycles. The van der Waals surface area contributed by atoms with Gasteiger partial charge in [0.2, 0.25) is 5.96 Å². The van der Waals surface area contributed by atoms with Gasteiger partial charge in [-0.15, -0.1) is 0 Å².